The molecule has 0 spiro atoms. The number of H-pyrrole nitrogens is 1. The van der Waals surface area contributed by atoms with Gasteiger partial charge in [-0.05, 0) is 30.7 Å². The Hall–Kier alpha value is -2.57. The molecule has 0 saturated carbocycles. The summed E-state index contributed by atoms with van der Waals surface area (Å²) < 4.78 is 10.5. The normalized spacial score (nSPS) is 12.2. The van der Waals surface area contributed by atoms with Crippen molar-refractivity contribution >= 4 is 22.5 Å². The number of hydrogen-bond acceptors (Lipinski definition) is 5. The summed E-state index contributed by atoms with van der Waals surface area (Å²) in [6.45, 7) is 2.46. The van der Waals surface area contributed by atoms with Crippen LogP contribution in [0.3, 0.4) is 0 Å². The molecule has 0 aliphatic carbocycles. The van der Waals surface area contributed by atoms with Gasteiger partial charge in [-0.1, -0.05) is 23.7 Å². The van der Waals surface area contributed by atoms with Crippen LogP contribution in [0, 0.1) is 0 Å². The second-order valence-electron chi connectivity index (χ2n) is 5.89. The quantitative estimate of drug-likeness (QED) is 0.692. The third-order valence-corrected chi connectivity index (χ3v) is 4.46. The zero-order valence-electron chi connectivity index (χ0n) is 14.8. The van der Waals surface area contributed by atoms with E-state index in [1.807, 2.05) is 31.2 Å². The van der Waals surface area contributed by atoms with Gasteiger partial charge in [0.25, 0.3) is 5.56 Å². The standard InChI is InChI=1S/C19H20ClN3O3/c1-11(12-4-6-13(20)7-5-12)21-10-18-22-15-9-17(26-3)16(25-2)8-14(15)19(24)23-18/h4-9,11,21H,10H2,1-3H3,(H,22,23,24)/t11-/m1/s1. The summed E-state index contributed by atoms with van der Waals surface area (Å²) in [4.78, 5) is 19.7. The zero-order valence-corrected chi connectivity index (χ0v) is 15.6. The molecule has 3 rings (SSSR count). The van der Waals surface area contributed by atoms with Crippen molar-refractivity contribution in [1.82, 2.24) is 15.3 Å². The lowest BCUT2D eigenvalue weighted by atomic mass is 10.1. The second kappa shape index (κ2) is 7.76. The summed E-state index contributed by atoms with van der Waals surface area (Å²) in [5, 5.41) is 4.50. The van der Waals surface area contributed by atoms with E-state index in [9.17, 15) is 4.79 Å². The average molecular weight is 374 g/mol. The van der Waals surface area contributed by atoms with Gasteiger partial charge in [-0.2, -0.15) is 0 Å². The van der Waals surface area contributed by atoms with Crippen LogP contribution in [0.4, 0.5) is 0 Å². The lowest BCUT2D eigenvalue weighted by molar-refractivity contribution is 0.355. The molecule has 0 saturated heterocycles. The van der Waals surface area contributed by atoms with Crippen LogP contribution in [-0.4, -0.2) is 24.2 Å². The average Bonchev–Trinajstić information content (AvgIpc) is 2.65. The number of nitrogens with zero attached hydrogens (tertiary/aromatic N) is 1. The zero-order chi connectivity index (χ0) is 18.7. The van der Waals surface area contributed by atoms with Crippen molar-refractivity contribution in [3.8, 4) is 11.5 Å². The summed E-state index contributed by atoms with van der Waals surface area (Å²) in [7, 11) is 3.08. The maximum absolute atomic E-state index is 12.4. The van der Waals surface area contributed by atoms with Crippen LogP contribution in [0.1, 0.15) is 24.4 Å². The van der Waals surface area contributed by atoms with Crippen molar-refractivity contribution < 1.29 is 9.47 Å². The predicted octanol–water partition coefficient (Wildman–Crippen LogP) is 3.44. The summed E-state index contributed by atoms with van der Waals surface area (Å²) in [6.07, 6.45) is 0. The first-order valence-electron chi connectivity index (χ1n) is 8.15. The van der Waals surface area contributed by atoms with Crippen LogP contribution in [0.15, 0.2) is 41.2 Å². The smallest absolute Gasteiger partial charge is 0.258 e. The Kier molecular flexibility index (Phi) is 5.44. The minimum absolute atomic E-state index is 0.0821. The van der Waals surface area contributed by atoms with E-state index in [0.29, 0.717) is 39.8 Å². The van der Waals surface area contributed by atoms with E-state index < -0.39 is 0 Å². The second-order valence-corrected chi connectivity index (χ2v) is 6.33. The van der Waals surface area contributed by atoms with Crippen molar-refractivity contribution in [2.45, 2.75) is 19.5 Å². The molecule has 0 radical (unpaired) electrons. The summed E-state index contributed by atoms with van der Waals surface area (Å²) in [5.74, 6) is 1.58. The van der Waals surface area contributed by atoms with Gasteiger partial charge in [-0.15, -0.1) is 0 Å². The minimum Gasteiger partial charge on any atom is -0.493 e. The van der Waals surface area contributed by atoms with Gasteiger partial charge < -0.3 is 19.8 Å². The first-order chi connectivity index (χ1) is 12.5. The lowest BCUT2D eigenvalue weighted by Gasteiger charge is -2.14. The van der Waals surface area contributed by atoms with Crippen LogP contribution >= 0.6 is 11.6 Å². The highest BCUT2D eigenvalue weighted by Gasteiger charge is 2.12. The Morgan fingerprint density at radius 1 is 1.15 bits per heavy atom. The molecule has 6 nitrogen and oxygen atoms in total. The van der Waals surface area contributed by atoms with Gasteiger partial charge in [-0.3, -0.25) is 4.79 Å². The summed E-state index contributed by atoms with van der Waals surface area (Å²) in [5.41, 5.74) is 1.44. The number of aromatic amines is 1. The molecule has 0 amide bonds. The molecular formula is C19H20ClN3O3. The Bertz CT molecular complexity index is 970. The van der Waals surface area contributed by atoms with Crippen LogP contribution in [0.2, 0.25) is 5.02 Å². The molecule has 1 heterocycles. The highest BCUT2D eigenvalue weighted by Crippen LogP contribution is 2.29. The fourth-order valence-electron chi connectivity index (χ4n) is 2.72. The molecule has 136 valence electrons. The third-order valence-electron chi connectivity index (χ3n) is 4.21. The lowest BCUT2D eigenvalue weighted by Crippen LogP contribution is -2.22. The monoisotopic (exact) mass is 373 g/mol. The number of nitrogens with one attached hydrogen (secondary N) is 2. The van der Waals surface area contributed by atoms with Gasteiger partial charge in [0.15, 0.2) is 11.5 Å². The molecule has 0 fully saturated rings. The van der Waals surface area contributed by atoms with Crippen molar-refractivity contribution in [2.24, 2.45) is 0 Å². The Morgan fingerprint density at radius 3 is 2.46 bits per heavy atom. The molecule has 1 atom stereocenters. The Morgan fingerprint density at radius 2 is 1.81 bits per heavy atom. The van der Waals surface area contributed by atoms with E-state index in [0.717, 1.165) is 5.56 Å². The number of aromatic nitrogens is 2. The number of benzene rings is 2. The maximum Gasteiger partial charge on any atom is 0.258 e. The van der Waals surface area contributed by atoms with E-state index in [2.05, 4.69) is 15.3 Å². The largest absolute Gasteiger partial charge is 0.493 e. The molecule has 3 aromatic rings. The first-order valence-corrected chi connectivity index (χ1v) is 8.53. The van der Waals surface area contributed by atoms with Gasteiger partial charge in [0.1, 0.15) is 5.82 Å². The van der Waals surface area contributed by atoms with E-state index in [-0.39, 0.29) is 11.6 Å². The van der Waals surface area contributed by atoms with Gasteiger partial charge in [-0.25, -0.2) is 4.98 Å². The summed E-state index contributed by atoms with van der Waals surface area (Å²) in [6, 6.07) is 11.1. The molecule has 2 aromatic carbocycles. The van der Waals surface area contributed by atoms with Crippen molar-refractivity contribution in [2.75, 3.05) is 14.2 Å². The van der Waals surface area contributed by atoms with Gasteiger partial charge >= 0.3 is 0 Å². The van der Waals surface area contributed by atoms with E-state index in [4.69, 9.17) is 21.1 Å². The van der Waals surface area contributed by atoms with Crippen molar-refractivity contribution in [3.05, 3.63) is 63.2 Å². The molecule has 7 heteroatoms. The van der Waals surface area contributed by atoms with Crippen molar-refractivity contribution in [1.29, 1.82) is 0 Å². The van der Waals surface area contributed by atoms with Gasteiger partial charge in [0.05, 0.1) is 31.7 Å². The highest BCUT2D eigenvalue weighted by atomic mass is 35.5. The minimum atomic E-state index is -0.216. The van der Waals surface area contributed by atoms with E-state index in [1.54, 1.807) is 19.2 Å². The van der Waals surface area contributed by atoms with Crippen LogP contribution in [-0.2, 0) is 6.54 Å². The summed E-state index contributed by atoms with van der Waals surface area (Å²) >= 11 is 5.92. The molecule has 0 aliphatic rings. The Labute approximate surface area is 156 Å². The van der Waals surface area contributed by atoms with Crippen LogP contribution in [0.25, 0.3) is 10.9 Å². The highest BCUT2D eigenvalue weighted by molar-refractivity contribution is 6.30. The van der Waals surface area contributed by atoms with Gasteiger partial charge in [0.2, 0.25) is 0 Å². The molecule has 1 aromatic heterocycles. The fourth-order valence-corrected chi connectivity index (χ4v) is 2.84. The number of fused-ring (bicyclic) bond motifs is 1. The molecule has 0 aliphatic heterocycles. The number of hydrogen-bond donors (Lipinski definition) is 2. The molecule has 0 unspecified atom stereocenters. The topological polar surface area (TPSA) is 76.2 Å². The van der Waals surface area contributed by atoms with Crippen molar-refractivity contribution in [3.63, 3.8) is 0 Å². The van der Waals surface area contributed by atoms with Crippen LogP contribution < -0.4 is 20.3 Å². The number of rotatable bonds is 6. The van der Waals surface area contributed by atoms with E-state index >= 15 is 0 Å². The predicted molar refractivity (Wildman–Crippen MR) is 102 cm³/mol. The number of ether oxygens (including phenoxy) is 2. The SMILES string of the molecule is COc1cc2nc(CN[C@H](C)c3ccc(Cl)cc3)[nH]c(=O)c2cc1OC. The molecule has 0 bridgehead atoms. The van der Waals surface area contributed by atoms with Crippen LogP contribution in [0.5, 0.6) is 11.5 Å². The molecule has 2 N–H and O–H groups in total. The molecular weight excluding hydrogens is 354 g/mol. The maximum atomic E-state index is 12.4. The van der Waals surface area contributed by atoms with Gasteiger partial charge in [0, 0.05) is 17.1 Å². The fraction of sp³-hybridized carbons (Fsp3) is 0.263. The number of methoxy groups -OCH3 is 2. The third kappa shape index (κ3) is 3.81. The van der Waals surface area contributed by atoms with E-state index in [1.165, 1.54) is 7.11 Å². The number of halogens is 1. The first kappa shape index (κ1) is 18.2. The Balaban J connectivity index is 1.84. The molecule has 26 heavy (non-hydrogen) atoms.